The van der Waals surface area contributed by atoms with Crippen molar-refractivity contribution < 1.29 is 0 Å². The molecule has 0 radical (unpaired) electrons. The summed E-state index contributed by atoms with van der Waals surface area (Å²) in [5.41, 5.74) is 8.76. The first kappa shape index (κ1) is 16.1. The summed E-state index contributed by atoms with van der Waals surface area (Å²) >= 11 is 5.18. The zero-order chi connectivity index (χ0) is 15.6. The third kappa shape index (κ3) is 3.16. The van der Waals surface area contributed by atoms with Gasteiger partial charge < -0.3 is 16.0 Å². The zero-order valence-electron chi connectivity index (χ0n) is 13.4. The molecule has 1 saturated carbocycles. The molecule has 0 unspecified atom stereocenters. The van der Waals surface area contributed by atoms with Crippen LogP contribution in [0.3, 0.4) is 0 Å². The van der Waals surface area contributed by atoms with E-state index in [0.29, 0.717) is 10.8 Å². The quantitative estimate of drug-likeness (QED) is 0.811. The van der Waals surface area contributed by atoms with Crippen LogP contribution in [0.25, 0.3) is 0 Å². The minimum absolute atomic E-state index is 0.188. The number of nitrogens with one attached hydrogen (secondary N) is 1. The van der Waals surface area contributed by atoms with E-state index >= 15 is 0 Å². The summed E-state index contributed by atoms with van der Waals surface area (Å²) in [5, 5.41) is 11.9. The molecule has 1 aromatic heterocycles. The third-order valence-electron chi connectivity index (χ3n) is 4.77. The highest BCUT2D eigenvalue weighted by molar-refractivity contribution is 7.80. The number of nitrogens with zero attached hydrogens (tertiary/aromatic N) is 3. The molecule has 6 heteroatoms. The Labute approximate surface area is 132 Å². The van der Waals surface area contributed by atoms with Crippen LogP contribution in [0, 0.1) is 13.8 Å². The number of nitrogens with two attached hydrogens (primary N) is 1. The second-order valence-electron chi connectivity index (χ2n) is 6.18. The van der Waals surface area contributed by atoms with Gasteiger partial charge >= 0.3 is 0 Å². The summed E-state index contributed by atoms with van der Waals surface area (Å²) in [6, 6.07) is 0. The second kappa shape index (κ2) is 6.23. The smallest absolute Gasteiger partial charge is 0.159 e. The van der Waals surface area contributed by atoms with Crippen molar-refractivity contribution in [2.45, 2.75) is 45.1 Å². The van der Waals surface area contributed by atoms with E-state index in [1.165, 1.54) is 25.7 Å². The van der Waals surface area contributed by atoms with Gasteiger partial charge in [-0.15, -0.1) is 5.10 Å². The Morgan fingerprint density at radius 1 is 1.29 bits per heavy atom. The molecule has 0 atom stereocenters. The number of likely N-dealkylation sites (N-methyl/N-ethyl adjacent to an activating group) is 1. The molecule has 0 spiro atoms. The summed E-state index contributed by atoms with van der Waals surface area (Å²) < 4.78 is 0. The Kier molecular flexibility index (Phi) is 4.78. The van der Waals surface area contributed by atoms with Gasteiger partial charge in [0.25, 0.3) is 0 Å². The van der Waals surface area contributed by atoms with E-state index in [9.17, 15) is 0 Å². The number of aromatic nitrogens is 2. The Morgan fingerprint density at radius 3 is 2.43 bits per heavy atom. The highest BCUT2D eigenvalue weighted by Crippen LogP contribution is 2.34. The molecule has 1 aromatic rings. The van der Waals surface area contributed by atoms with E-state index in [-0.39, 0.29) is 5.54 Å². The molecule has 1 fully saturated rings. The van der Waals surface area contributed by atoms with E-state index in [1.807, 2.05) is 13.8 Å². The molecule has 0 aliphatic heterocycles. The van der Waals surface area contributed by atoms with Gasteiger partial charge in [0, 0.05) is 12.1 Å². The Hall–Kier alpha value is -1.27. The van der Waals surface area contributed by atoms with E-state index < -0.39 is 0 Å². The van der Waals surface area contributed by atoms with Crippen LogP contribution in [0.4, 0.5) is 5.82 Å². The maximum atomic E-state index is 5.87. The average molecular weight is 307 g/mol. The van der Waals surface area contributed by atoms with Crippen molar-refractivity contribution in [3.63, 3.8) is 0 Å². The molecule has 3 N–H and O–H groups in total. The van der Waals surface area contributed by atoms with Gasteiger partial charge in [-0.05, 0) is 46.3 Å². The fourth-order valence-corrected chi connectivity index (χ4v) is 3.35. The summed E-state index contributed by atoms with van der Waals surface area (Å²) in [4.78, 5) is 2.69. The van der Waals surface area contributed by atoms with Crippen LogP contribution < -0.4 is 11.1 Å². The Bertz CT molecular complexity index is 535. The first-order chi connectivity index (χ1) is 9.87. The predicted octanol–water partition coefficient (Wildman–Crippen LogP) is 2.01. The summed E-state index contributed by atoms with van der Waals surface area (Å²) in [6.07, 6.45) is 4.96. The average Bonchev–Trinajstić information content (AvgIpc) is 2.89. The zero-order valence-corrected chi connectivity index (χ0v) is 14.2. The van der Waals surface area contributed by atoms with Crippen molar-refractivity contribution in [3.05, 3.63) is 16.8 Å². The van der Waals surface area contributed by atoms with Crippen molar-refractivity contribution in [1.82, 2.24) is 15.1 Å². The molecule has 1 aliphatic carbocycles. The van der Waals surface area contributed by atoms with Crippen molar-refractivity contribution in [1.29, 1.82) is 0 Å². The highest BCUT2D eigenvalue weighted by Gasteiger charge is 2.36. The van der Waals surface area contributed by atoms with Gasteiger partial charge in [-0.1, -0.05) is 25.1 Å². The lowest BCUT2D eigenvalue weighted by Crippen LogP contribution is -2.47. The van der Waals surface area contributed by atoms with Gasteiger partial charge in [-0.2, -0.15) is 5.10 Å². The molecule has 0 amide bonds. The van der Waals surface area contributed by atoms with Gasteiger partial charge in [0.05, 0.1) is 11.3 Å². The van der Waals surface area contributed by atoms with Crippen LogP contribution in [0.2, 0.25) is 0 Å². The number of rotatable bonds is 5. The van der Waals surface area contributed by atoms with Gasteiger partial charge in [-0.25, -0.2) is 0 Å². The number of hydrogen-bond donors (Lipinski definition) is 2. The van der Waals surface area contributed by atoms with Crippen LogP contribution >= 0.6 is 12.2 Å². The molecule has 1 heterocycles. The molecule has 0 saturated heterocycles. The van der Waals surface area contributed by atoms with E-state index in [1.54, 1.807) is 0 Å². The van der Waals surface area contributed by atoms with E-state index in [0.717, 1.165) is 23.4 Å². The fraction of sp³-hybridized carbons (Fsp3) is 0.667. The number of thiocarbonyl (C=S) groups is 1. The molecule has 116 valence electrons. The largest absolute Gasteiger partial charge is 0.389 e. The van der Waals surface area contributed by atoms with Crippen LogP contribution in [-0.2, 0) is 0 Å². The lowest BCUT2D eigenvalue weighted by Gasteiger charge is -2.36. The van der Waals surface area contributed by atoms with Gasteiger partial charge in [-0.3, -0.25) is 0 Å². The molecule has 0 aromatic carbocycles. The number of hydrogen-bond acceptors (Lipinski definition) is 5. The lowest BCUT2D eigenvalue weighted by atomic mass is 9.96. The molecular formula is C15H25N5S. The van der Waals surface area contributed by atoms with Crippen LogP contribution in [-0.4, -0.2) is 46.3 Å². The number of aryl methyl sites for hydroxylation is 1. The van der Waals surface area contributed by atoms with E-state index in [2.05, 4.69) is 34.5 Å². The first-order valence-electron chi connectivity index (χ1n) is 7.42. The van der Waals surface area contributed by atoms with E-state index in [4.69, 9.17) is 18.0 Å². The van der Waals surface area contributed by atoms with Crippen molar-refractivity contribution in [2.24, 2.45) is 5.73 Å². The molecule has 1 aliphatic rings. The van der Waals surface area contributed by atoms with Gasteiger partial charge in [0.1, 0.15) is 4.99 Å². The van der Waals surface area contributed by atoms with Crippen molar-refractivity contribution in [2.75, 3.05) is 26.0 Å². The van der Waals surface area contributed by atoms with Crippen molar-refractivity contribution >= 4 is 23.0 Å². The predicted molar refractivity (Wildman–Crippen MR) is 90.8 cm³/mol. The van der Waals surface area contributed by atoms with Crippen LogP contribution in [0.1, 0.15) is 42.5 Å². The van der Waals surface area contributed by atoms with Crippen LogP contribution in [0.5, 0.6) is 0 Å². The fourth-order valence-electron chi connectivity index (χ4n) is 3.10. The molecular weight excluding hydrogens is 282 g/mol. The molecule has 2 rings (SSSR count). The summed E-state index contributed by atoms with van der Waals surface area (Å²) in [6.45, 7) is 4.75. The minimum atomic E-state index is 0.188. The SMILES string of the molecule is Cc1nnc(NCC2(N(C)C)CCCC2)c(C(N)=S)c1C. The Balaban J connectivity index is 2.24. The second-order valence-corrected chi connectivity index (χ2v) is 6.62. The maximum absolute atomic E-state index is 5.87. The molecule has 0 bridgehead atoms. The van der Waals surface area contributed by atoms with Gasteiger partial charge in [0.2, 0.25) is 0 Å². The summed E-state index contributed by atoms with van der Waals surface area (Å²) in [7, 11) is 4.29. The third-order valence-corrected chi connectivity index (χ3v) is 4.97. The van der Waals surface area contributed by atoms with Crippen LogP contribution in [0.15, 0.2) is 0 Å². The first-order valence-corrected chi connectivity index (χ1v) is 7.83. The number of anilines is 1. The standard InChI is InChI=1S/C15H25N5S/c1-10-11(2)18-19-14(12(10)13(16)21)17-9-15(20(3)4)7-5-6-8-15/h5-9H2,1-4H3,(H2,16,21)(H,17,19). The monoisotopic (exact) mass is 307 g/mol. The van der Waals surface area contributed by atoms with Crippen molar-refractivity contribution in [3.8, 4) is 0 Å². The topological polar surface area (TPSA) is 67.1 Å². The lowest BCUT2D eigenvalue weighted by molar-refractivity contribution is 0.172. The normalized spacial score (nSPS) is 17.2. The molecule has 21 heavy (non-hydrogen) atoms. The molecule has 5 nitrogen and oxygen atoms in total. The highest BCUT2D eigenvalue weighted by atomic mass is 32.1. The minimum Gasteiger partial charge on any atom is -0.389 e. The Morgan fingerprint density at radius 2 is 1.90 bits per heavy atom. The van der Waals surface area contributed by atoms with Gasteiger partial charge in [0.15, 0.2) is 5.82 Å². The summed E-state index contributed by atoms with van der Waals surface area (Å²) in [5.74, 6) is 0.707. The maximum Gasteiger partial charge on any atom is 0.159 e.